The fraction of sp³-hybridized carbons (Fsp3) is 0.632. The maximum absolute atomic E-state index is 12.9. The third kappa shape index (κ3) is 4.45. The predicted octanol–water partition coefficient (Wildman–Crippen LogP) is 2.77. The Kier molecular flexibility index (Phi) is 6.45. The summed E-state index contributed by atoms with van der Waals surface area (Å²) in [7, 11) is 0. The topological polar surface area (TPSA) is 82.7 Å². The molecule has 1 N–H and O–H groups in total. The second-order valence-corrected chi connectivity index (χ2v) is 7.28. The standard InChI is InChI=1S/C19H29N3O4/c1-12(2)11-26-19(25)22-8-6-7-21(9-10-22)18(24)17-13(3)16(15(5)23)14(4)20-17/h12,20H,6-11H2,1-5H3. The van der Waals surface area contributed by atoms with Gasteiger partial charge < -0.3 is 19.5 Å². The smallest absolute Gasteiger partial charge is 0.409 e. The van der Waals surface area contributed by atoms with E-state index in [1.165, 1.54) is 6.92 Å². The first-order valence-electron chi connectivity index (χ1n) is 9.13. The summed E-state index contributed by atoms with van der Waals surface area (Å²) < 4.78 is 5.28. The number of Topliss-reactive ketones (excluding diaryl/α,β-unsaturated/α-hetero) is 1. The van der Waals surface area contributed by atoms with Crippen molar-refractivity contribution in [2.45, 2.75) is 41.0 Å². The average Bonchev–Trinajstić information content (AvgIpc) is 2.75. The molecule has 144 valence electrons. The zero-order valence-corrected chi connectivity index (χ0v) is 16.3. The number of ether oxygens (including phenoxy) is 1. The largest absolute Gasteiger partial charge is 0.449 e. The van der Waals surface area contributed by atoms with Gasteiger partial charge >= 0.3 is 6.09 Å². The van der Waals surface area contributed by atoms with Gasteiger partial charge in [-0.25, -0.2) is 4.79 Å². The maximum atomic E-state index is 12.9. The first kappa shape index (κ1) is 20.0. The predicted molar refractivity (Wildman–Crippen MR) is 98.6 cm³/mol. The molecule has 0 atom stereocenters. The van der Waals surface area contributed by atoms with Crippen LogP contribution in [0.1, 0.15) is 59.3 Å². The van der Waals surface area contributed by atoms with Gasteiger partial charge in [0.25, 0.3) is 5.91 Å². The van der Waals surface area contributed by atoms with Gasteiger partial charge in [-0.1, -0.05) is 13.8 Å². The Bertz CT molecular complexity index is 693. The third-order valence-electron chi connectivity index (χ3n) is 4.58. The minimum Gasteiger partial charge on any atom is -0.449 e. The highest BCUT2D eigenvalue weighted by molar-refractivity contribution is 6.02. The number of aromatic amines is 1. The van der Waals surface area contributed by atoms with E-state index in [0.29, 0.717) is 67.6 Å². The van der Waals surface area contributed by atoms with Crippen molar-refractivity contribution in [3.8, 4) is 0 Å². The minimum absolute atomic E-state index is 0.0507. The summed E-state index contributed by atoms with van der Waals surface area (Å²) >= 11 is 0. The van der Waals surface area contributed by atoms with Crippen molar-refractivity contribution < 1.29 is 19.1 Å². The van der Waals surface area contributed by atoms with Crippen LogP contribution in [-0.4, -0.2) is 65.4 Å². The SMILES string of the molecule is CC(=O)c1c(C)[nH]c(C(=O)N2CCCN(C(=O)OCC(C)C)CC2)c1C. The molecule has 7 heteroatoms. The van der Waals surface area contributed by atoms with E-state index < -0.39 is 0 Å². The molecule has 0 bridgehead atoms. The van der Waals surface area contributed by atoms with E-state index >= 15 is 0 Å². The van der Waals surface area contributed by atoms with Gasteiger partial charge in [-0.15, -0.1) is 0 Å². The van der Waals surface area contributed by atoms with Gasteiger partial charge in [-0.05, 0) is 38.7 Å². The van der Waals surface area contributed by atoms with E-state index in [-0.39, 0.29) is 17.8 Å². The molecule has 2 amide bonds. The second-order valence-electron chi connectivity index (χ2n) is 7.28. The highest BCUT2D eigenvalue weighted by Crippen LogP contribution is 2.20. The van der Waals surface area contributed by atoms with E-state index in [0.717, 1.165) is 0 Å². The molecule has 1 aromatic heterocycles. The first-order chi connectivity index (χ1) is 12.2. The highest BCUT2D eigenvalue weighted by atomic mass is 16.6. The number of carbonyl (C=O) groups excluding carboxylic acids is 3. The van der Waals surface area contributed by atoms with Crippen molar-refractivity contribution in [2.24, 2.45) is 5.92 Å². The number of carbonyl (C=O) groups is 3. The quantitative estimate of drug-likeness (QED) is 0.834. The van der Waals surface area contributed by atoms with E-state index in [4.69, 9.17) is 4.74 Å². The van der Waals surface area contributed by atoms with Crippen LogP contribution < -0.4 is 0 Å². The Hall–Kier alpha value is -2.31. The Morgan fingerprint density at radius 1 is 1.08 bits per heavy atom. The number of nitrogens with zero attached hydrogens (tertiary/aromatic N) is 2. The normalized spacial score (nSPS) is 15.2. The lowest BCUT2D eigenvalue weighted by Gasteiger charge is -2.22. The number of aromatic nitrogens is 1. The average molecular weight is 363 g/mol. The second kappa shape index (κ2) is 8.38. The molecular formula is C19H29N3O4. The molecule has 1 aliphatic rings. The summed E-state index contributed by atoms with van der Waals surface area (Å²) in [6.07, 6.45) is 0.375. The zero-order valence-electron chi connectivity index (χ0n) is 16.3. The molecule has 0 spiro atoms. The van der Waals surface area contributed by atoms with Crippen LogP contribution in [0, 0.1) is 19.8 Å². The van der Waals surface area contributed by atoms with E-state index in [2.05, 4.69) is 4.98 Å². The van der Waals surface area contributed by atoms with Gasteiger partial charge in [-0.3, -0.25) is 9.59 Å². The highest BCUT2D eigenvalue weighted by Gasteiger charge is 2.27. The number of nitrogens with one attached hydrogen (secondary N) is 1. The number of hydrogen-bond donors (Lipinski definition) is 1. The van der Waals surface area contributed by atoms with Crippen molar-refractivity contribution in [3.63, 3.8) is 0 Å². The van der Waals surface area contributed by atoms with E-state index in [1.54, 1.807) is 23.6 Å². The van der Waals surface area contributed by atoms with Crippen molar-refractivity contribution >= 4 is 17.8 Å². The molecule has 2 heterocycles. The molecule has 7 nitrogen and oxygen atoms in total. The third-order valence-corrected chi connectivity index (χ3v) is 4.58. The Balaban J connectivity index is 2.05. The number of hydrogen-bond acceptors (Lipinski definition) is 4. The van der Waals surface area contributed by atoms with Gasteiger partial charge in [0.05, 0.1) is 6.61 Å². The van der Waals surface area contributed by atoms with Gasteiger partial charge in [0.15, 0.2) is 5.78 Å². The van der Waals surface area contributed by atoms with Crippen molar-refractivity contribution in [2.75, 3.05) is 32.8 Å². The Morgan fingerprint density at radius 3 is 2.27 bits per heavy atom. The number of ketones is 1. The van der Waals surface area contributed by atoms with Crippen molar-refractivity contribution in [1.82, 2.24) is 14.8 Å². The summed E-state index contributed by atoms with van der Waals surface area (Å²) in [5, 5.41) is 0. The fourth-order valence-electron chi connectivity index (χ4n) is 3.28. The summed E-state index contributed by atoms with van der Waals surface area (Å²) in [6, 6.07) is 0. The van der Waals surface area contributed by atoms with E-state index in [1.807, 2.05) is 13.8 Å². The molecule has 0 aromatic carbocycles. The molecule has 1 fully saturated rings. The minimum atomic E-state index is -0.321. The van der Waals surface area contributed by atoms with Crippen LogP contribution in [0.4, 0.5) is 4.79 Å². The summed E-state index contributed by atoms with van der Waals surface area (Å²) in [4.78, 5) is 43.3. The van der Waals surface area contributed by atoms with Crippen LogP contribution in [0.25, 0.3) is 0 Å². The molecule has 0 radical (unpaired) electrons. The number of aryl methyl sites for hydroxylation is 1. The summed E-state index contributed by atoms with van der Waals surface area (Å²) in [6.45, 7) is 11.5. The van der Waals surface area contributed by atoms with Crippen LogP contribution in [0.2, 0.25) is 0 Å². The molecule has 1 saturated heterocycles. The lowest BCUT2D eigenvalue weighted by Crippen LogP contribution is -2.38. The molecule has 26 heavy (non-hydrogen) atoms. The van der Waals surface area contributed by atoms with Crippen LogP contribution in [0.3, 0.4) is 0 Å². The molecule has 0 saturated carbocycles. The maximum Gasteiger partial charge on any atom is 0.409 e. The van der Waals surface area contributed by atoms with Crippen LogP contribution >= 0.6 is 0 Å². The lowest BCUT2D eigenvalue weighted by atomic mass is 10.1. The number of H-pyrrole nitrogens is 1. The number of amides is 2. The van der Waals surface area contributed by atoms with Gasteiger partial charge in [-0.2, -0.15) is 0 Å². The Labute approximate surface area is 154 Å². The van der Waals surface area contributed by atoms with Crippen LogP contribution in [0.15, 0.2) is 0 Å². The van der Waals surface area contributed by atoms with Crippen molar-refractivity contribution in [1.29, 1.82) is 0 Å². The van der Waals surface area contributed by atoms with Crippen LogP contribution in [-0.2, 0) is 4.74 Å². The van der Waals surface area contributed by atoms with Crippen molar-refractivity contribution in [3.05, 3.63) is 22.5 Å². The first-order valence-corrected chi connectivity index (χ1v) is 9.13. The lowest BCUT2D eigenvalue weighted by molar-refractivity contribution is 0.0741. The molecule has 1 aliphatic heterocycles. The van der Waals surface area contributed by atoms with Gasteiger partial charge in [0.1, 0.15) is 5.69 Å². The summed E-state index contributed by atoms with van der Waals surface area (Å²) in [5.41, 5.74) is 2.45. The van der Waals surface area contributed by atoms with Gasteiger partial charge in [0, 0.05) is 37.4 Å². The molecular weight excluding hydrogens is 334 g/mol. The fourth-order valence-corrected chi connectivity index (χ4v) is 3.28. The molecule has 0 aliphatic carbocycles. The molecule has 0 unspecified atom stereocenters. The molecule has 2 rings (SSSR count). The van der Waals surface area contributed by atoms with E-state index in [9.17, 15) is 14.4 Å². The van der Waals surface area contributed by atoms with Gasteiger partial charge in [0.2, 0.25) is 0 Å². The monoisotopic (exact) mass is 363 g/mol. The summed E-state index contributed by atoms with van der Waals surface area (Å²) in [5.74, 6) is 0.110. The van der Waals surface area contributed by atoms with Crippen LogP contribution in [0.5, 0.6) is 0 Å². The zero-order chi connectivity index (χ0) is 19.4. The Morgan fingerprint density at radius 2 is 1.69 bits per heavy atom. The number of rotatable bonds is 4. The molecule has 1 aromatic rings.